The van der Waals surface area contributed by atoms with Crippen LogP contribution >= 0.6 is 0 Å². The van der Waals surface area contributed by atoms with Gasteiger partial charge < -0.3 is 14.6 Å². The molecule has 1 saturated carbocycles. The van der Waals surface area contributed by atoms with Gasteiger partial charge in [-0.3, -0.25) is 9.69 Å². The quantitative estimate of drug-likeness (QED) is 0.608. The molecule has 2 fully saturated rings. The van der Waals surface area contributed by atoms with Crippen LogP contribution in [0.15, 0.2) is 0 Å². The van der Waals surface area contributed by atoms with Gasteiger partial charge in [-0.2, -0.15) is 0 Å². The van der Waals surface area contributed by atoms with Gasteiger partial charge in [0.2, 0.25) is 0 Å². The normalized spacial score (nSPS) is 32.6. The summed E-state index contributed by atoms with van der Waals surface area (Å²) in [5.41, 5.74) is 0. The van der Waals surface area contributed by atoms with E-state index in [4.69, 9.17) is 9.47 Å². The van der Waals surface area contributed by atoms with E-state index in [1.165, 1.54) is 0 Å². The molecular weight excluding hydrogens is 234 g/mol. The van der Waals surface area contributed by atoms with Gasteiger partial charge in [-0.05, 0) is 12.8 Å². The van der Waals surface area contributed by atoms with Gasteiger partial charge in [-0.25, -0.2) is 0 Å². The zero-order chi connectivity index (χ0) is 13.2. The van der Waals surface area contributed by atoms with Crippen molar-refractivity contribution < 1.29 is 19.4 Å². The number of carboxylic acid groups (broad SMARTS) is 1. The van der Waals surface area contributed by atoms with E-state index >= 15 is 0 Å². The van der Waals surface area contributed by atoms with Crippen molar-refractivity contribution in [2.45, 2.75) is 43.9 Å². The van der Waals surface area contributed by atoms with Gasteiger partial charge in [0.15, 0.2) is 5.79 Å². The molecule has 0 aromatic carbocycles. The van der Waals surface area contributed by atoms with Crippen LogP contribution in [0.1, 0.15) is 32.1 Å². The standard InChI is InChI=1S/C13H23NO4/c1-17-13(18-2)8-14(9-13)11-7-5-3-4-6-10(11)12(15)16/h10-11H,3-9H2,1-2H3,(H,15,16). The molecule has 1 heterocycles. The molecule has 2 atom stereocenters. The smallest absolute Gasteiger partial charge is 0.308 e. The molecule has 0 amide bonds. The van der Waals surface area contributed by atoms with Crippen molar-refractivity contribution in [1.29, 1.82) is 0 Å². The molecule has 1 aliphatic heterocycles. The zero-order valence-corrected chi connectivity index (χ0v) is 11.2. The second-order valence-corrected chi connectivity index (χ2v) is 5.37. The molecule has 1 saturated heterocycles. The highest BCUT2D eigenvalue weighted by atomic mass is 16.7. The highest BCUT2D eigenvalue weighted by molar-refractivity contribution is 5.71. The molecule has 0 aromatic heterocycles. The van der Waals surface area contributed by atoms with Crippen LogP contribution in [-0.2, 0) is 14.3 Å². The van der Waals surface area contributed by atoms with Gasteiger partial charge in [-0.15, -0.1) is 0 Å². The number of carboxylic acids is 1. The molecule has 2 aliphatic rings. The number of methoxy groups -OCH3 is 2. The molecule has 18 heavy (non-hydrogen) atoms. The van der Waals surface area contributed by atoms with Crippen molar-refractivity contribution >= 4 is 5.97 Å². The molecule has 104 valence electrons. The first kappa shape index (κ1) is 13.8. The average Bonchev–Trinajstić information content (AvgIpc) is 2.55. The Morgan fingerprint density at radius 3 is 2.33 bits per heavy atom. The van der Waals surface area contributed by atoms with E-state index in [1.54, 1.807) is 14.2 Å². The molecular formula is C13H23NO4. The summed E-state index contributed by atoms with van der Waals surface area (Å²) in [6.07, 6.45) is 5.07. The predicted octanol–water partition coefficient (Wildman–Crippen LogP) is 1.32. The number of likely N-dealkylation sites (tertiary alicyclic amines) is 1. The summed E-state index contributed by atoms with van der Waals surface area (Å²) in [6, 6.07) is 0.142. The van der Waals surface area contributed by atoms with Crippen LogP contribution in [0.3, 0.4) is 0 Å². The van der Waals surface area contributed by atoms with E-state index < -0.39 is 11.8 Å². The summed E-state index contributed by atoms with van der Waals surface area (Å²) < 4.78 is 10.7. The summed E-state index contributed by atoms with van der Waals surface area (Å²) in [6.45, 7) is 1.35. The minimum Gasteiger partial charge on any atom is -0.481 e. The maximum Gasteiger partial charge on any atom is 0.308 e. The number of carbonyl (C=O) groups is 1. The van der Waals surface area contributed by atoms with E-state index in [0.29, 0.717) is 13.1 Å². The second-order valence-electron chi connectivity index (χ2n) is 5.37. The van der Waals surface area contributed by atoms with Gasteiger partial charge in [0.25, 0.3) is 0 Å². The maximum absolute atomic E-state index is 11.4. The summed E-state index contributed by atoms with van der Waals surface area (Å²) >= 11 is 0. The lowest BCUT2D eigenvalue weighted by atomic mass is 9.90. The number of ether oxygens (including phenoxy) is 2. The summed E-state index contributed by atoms with van der Waals surface area (Å²) in [5.74, 6) is -1.41. The molecule has 5 nitrogen and oxygen atoms in total. The third-order valence-corrected chi connectivity index (χ3v) is 4.40. The number of nitrogens with zero attached hydrogens (tertiary/aromatic N) is 1. The van der Waals surface area contributed by atoms with Crippen molar-refractivity contribution in [2.24, 2.45) is 5.92 Å². The van der Waals surface area contributed by atoms with Crippen molar-refractivity contribution in [3.63, 3.8) is 0 Å². The molecule has 0 radical (unpaired) electrons. The molecule has 0 spiro atoms. The fourth-order valence-electron chi connectivity index (χ4n) is 3.16. The molecule has 1 N–H and O–H groups in total. The van der Waals surface area contributed by atoms with Gasteiger partial charge >= 0.3 is 5.97 Å². The molecule has 0 aromatic rings. The van der Waals surface area contributed by atoms with E-state index in [2.05, 4.69) is 4.90 Å². The third-order valence-electron chi connectivity index (χ3n) is 4.40. The maximum atomic E-state index is 11.4. The highest BCUT2D eigenvalue weighted by Gasteiger charge is 2.49. The van der Waals surface area contributed by atoms with E-state index in [0.717, 1.165) is 32.1 Å². The lowest BCUT2D eigenvalue weighted by molar-refractivity contribution is -0.285. The monoisotopic (exact) mass is 257 g/mol. The zero-order valence-electron chi connectivity index (χ0n) is 11.2. The lowest BCUT2D eigenvalue weighted by Gasteiger charge is -2.51. The Labute approximate surface area is 108 Å². The van der Waals surface area contributed by atoms with Crippen LogP contribution < -0.4 is 0 Å². The minimum atomic E-state index is -0.658. The Hall–Kier alpha value is -0.650. The molecule has 2 unspecified atom stereocenters. The number of hydrogen-bond donors (Lipinski definition) is 1. The molecule has 5 heteroatoms. The van der Waals surface area contributed by atoms with Gasteiger partial charge in [0.05, 0.1) is 19.0 Å². The van der Waals surface area contributed by atoms with Crippen LogP contribution in [0, 0.1) is 5.92 Å². The van der Waals surface area contributed by atoms with E-state index in [9.17, 15) is 9.90 Å². The minimum absolute atomic E-state index is 0.142. The second kappa shape index (κ2) is 5.55. The van der Waals surface area contributed by atoms with Crippen molar-refractivity contribution in [3.8, 4) is 0 Å². The first-order chi connectivity index (χ1) is 8.62. The molecule has 0 bridgehead atoms. The van der Waals surface area contributed by atoms with Crippen molar-refractivity contribution in [1.82, 2.24) is 4.90 Å². The third kappa shape index (κ3) is 2.53. The van der Waals surface area contributed by atoms with Crippen LogP contribution in [0.5, 0.6) is 0 Å². The number of aliphatic carboxylic acids is 1. The number of hydrogen-bond acceptors (Lipinski definition) is 4. The highest BCUT2D eigenvalue weighted by Crippen LogP contribution is 2.35. The topological polar surface area (TPSA) is 59.0 Å². The fourth-order valence-corrected chi connectivity index (χ4v) is 3.16. The van der Waals surface area contributed by atoms with E-state index in [1.807, 2.05) is 0 Å². The van der Waals surface area contributed by atoms with Crippen LogP contribution in [-0.4, -0.2) is 55.1 Å². The van der Waals surface area contributed by atoms with Gasteiger partial charge in [0, 0.05) is 20.3 Å². The van der Waals surface area contributed by atoms with E-state index in [-0.39, 0.29) is 12.0 Å². The van der Waals surface area contributed by atoms with Crippen molar-refractivity contribution in [2.75, 3.05) is 27.3 Å². The summed E-state index contributed by atoms with van der Waals surface area (Å²) in [5, 5.41) is 9.36. The first-order valence-electron chi connectivity index (χ1n) is 6.69. The fraction of sp³-hybridized carbons (Fsp3) is 0.923. The average molecular weight is 257 g/mol. The largest absolute Gasteiger partial charge is 0.481 e. The predicted molar refractivity (Wildman–Crippen MR) is 66.3 cm³/mol. The Kier molecular flexibility index (Phi) is 4.25. The Morgan fingerprint density at radius 2 is 1.78 bits per heavy atom. The molecule has 2 rings (SSSR count). The summed E-state index contributed by atoms with van der Waals surface area (Å²) in [4.78, 5) is 13.6. The lowest BCUT2D eigenvalue weighted by Crippen LogP contribution is -2.67. The Bertz CT molecular complexity index is 295. The van der Waals surface area contributed by atoms with Gasteiger partial charge in [-0.1, -0.05) is 19.3 Å². The van der Waals surface area contributed by atoms with Gasteiger partial charge in [0.1, 0.15) is 0 Å². The first-order valence-corrected chi connectivity index (χ1v) is 6.69. The van der Waals surface area contributed by atoms with Crippen LogP contribution in [0.2, 0.25) is 0 Å². The van der Waals surface area contributed by atoms with Crippen LogP contribution in [0.25, 0.3) is 0 Å². The molecule has 1 aliphatic carbocycles. The Balaban J connectivity index is 2.00. The SMILES string of the molecule is COC1(OC)CN(C2CCCCCC2C(=O)O)C1. The Morgan fingerprint density at radius 1 is 1.17 bits per heavy atom. The van der Waals surface area contributed by atoms with Crippen LogP contribution in [0.4, 0.5) is 0 Å². The number of rotatable bonds is 4. The van der Waals surface area contributed by atoms with Crippen molar-refractivity contribution in [3.05, 3.63) is 0 Å². The summed E-state index contributed by atoms with van der Waals surface area (Å²) in [7, 11) is 3.28.